The van der Waals surface area contributed by atoms with Crippen molar-refractivity contribution in [3.63, 3.8) is 0 Å². The predicted octanol–water partition coefficient (Wildman–Crippen LogP) is 1.74. The Morgan fingerprint density at radius 2 is 2.07 bits per heavy atom. The summed E-state index contributed by atoms with van der Waals surface area (Å²) in [5, 5.41) is 0. The van der Waals surface area contributed by atoms with Crippen LogP contribution in [-0.2, 0) is 12.5 Å². The molecular formula is C12H18N2O. The minimum absolute atomic E-state index is 0.0875. The molecule has 2 N–H and O–H groups in total. The van der Waals surface area contributed by atoms with Gasteiger partial charge in [0.2, 0.25) is 5.43 Å². The maximum absolute atomic E-state index is 12.0. The summed E-state index contributed by atoms with van der Waals surface area (Å²) in [7, 11) is 1.88. The van der Waals surface area contributed by atoms with Crippen molar-refractivity contribution in [2.75, 3.05) is 5.73 Å². The van der Waals surface area contributed by atoms with E-state index in [0.717, 1.165) is 11.3 Å². The predicted molar refractivity (Wildman–Crippen MR) is 64.1 cm³/mol. The number of anilines is 1. The molecule has 3 nitrogen and oxygen atoms in total. The highest BCUT2D eigenvalue weighted by Crippen LogP contribution is 2.24. The van der Waals surface area contributed by atoms with Crippen LogP contribution in [0.5, 0.6) is 0 Å². The summed E-state index contributed by atoms with van der Waals surface area (Å²) in [6.07, 6.45) is 3.43. The first kappa shape index (κ1) is 11.6. The number of nitrogens with two attached hydrogens (primary N) is 1. The Balaban J connectivity index is 3.68. The molecule has 1 aromatic rings. The van der Waals surface area contributed by atoms with Crippen molar-refractivity contribution in [3.8, 4) is 0 Å². The SMILES string of the molecule is C=CC(C)(C)c1c(C)n(C)cc(N)c1=O. The monoisotopic (exact) mass is 206 g/mol. The number of aromatic nitrogens is 1. The summed E-state index contributed by atoms with van der Waals surface area (Å²) >= 11 is 0. The molecule has 0 radical (unpaired) electrons. The highest BCUT2D eigenvalue weighted by Gasteiger charge is 2.24. The Hall–Kier alpha value is -1.51. The molecule has 0 aliphatic rings. The van der Waals surface area contributed by atoms with Gasteiger partial charge in [0.15, 0.2) is 0 Å². The highest BCUT2D eigenvalue weighted by atomic mass is 16.1. The number of rotatable bonds is 2. The molecule has 0 amide bonds. The first-order valence-corrected chi connectivity index (χ1v) is 4.91. The van der Waals surface area contributed by atoms with Gasteiger partial charge in [-0.15, -0.1) is 6.58 Å². The third kappa shape index (κ3) is 1.82. The van der Waals surface area contributed by atoms with Crippen LogP contribution in [0.25, 0.3) is 0 Å². The maximum atomic E-state index is 12.0. The fourth-order valence-corrected chi connectivity index (χ4v) is 1.71. The molecule has 0 saturated heterocycles. The van der Waals surface area contributed by atoms with Crippen molar-refractivity contribution >= 4 is 5.69 Å². The molecule has 1 rings (SSSR count). The van der Waals surface area contributed by atoms with Gasteiger partial charge in [0.05, 0.1) is 5.69 Å². The van der Waals surface area contributed by atoms with Crippen LogP contribution in [0.15, 0.2) is 23.6 Å². The topological polar surface area (TPSA) is 48.0 Å². The first-order chi connectivity index (χ1) is 6.81. The lowest BCUT2D eigenvalue weighted by atomic mass is 9.83. The summed E-state index contributed by atoms with van der Waals surface area (Å²) in [5.41, 5.74) is 7.17. The molecule has 0 spiro atoms. The van der Waals surface area contributed by atoms with Crippen molar-refractivity contribution in [2.45, 2.75) is 26.2 Å². The molecule has 0 aliphatic carbocycles. The van der Waals surface area contributed by atoms with Gasteiger partial charge in [-0.1, -0.05) is 19.9 Å². The number of aryl methyl sites for hydroxylation is 1. The Kier molecular flexibility index (Phi) is 2.75. The summed E-state index contributed by atoms with van der Waals surface area (Å²) in [4.78, 5) is 12.0. The van der Waals surface area contributed by atoms with Gasteiger partial charge in [0, 0.05) is 29.9 Å². The van der Waals surface area contributed by atoms with Crippen molar-refractivity contribution in [1.29, 1.82) is 0 Å². The highest BCUT2D eigenvalue weighted by molar-refractivity contribution is 5.45. The number of nitrogen functional groups attached to an aromatic ring is 1. The molecule has 1 heterocycles. The minimum Gasteiger partial charge on any atom is -0.394 e. The van der Waals surface area contributed by atoms with Crippen molar-refractivity contribution in [1.82, 2.24) is 4.57 Å². The van der Waals surface area contributed by atoms with E-state index in [-0.39, 0.29) is 16.5 Å². The molecule has 0 fully saturated rings. The average Bonchev–Trinajstić information content (AvgIpc) is 2.15. The molecule has 0 bridgehead atoms. The Bertz CT molecular complexity index is 455. The van der Waals surface area contributed by atoms with Crippen molar-refractivity contribution < 1.29 is 0 Å². The number of hydrogen-bond acceptors (Lipinski definition) is 2. The van der Waals surface area contributed by atoms with E-state index in [1.54, 1.807) is 12.3 Å². The van der Waals surface area contributed by atoms with Crippen LogP contribution in [0, 0.1) is 6.92 Å². The normalized spacial score (nSPS) is 11.5. The van der Waals surface area contributed by atoms with Gasteiger partial charge in [-0.25, -0.2) is 0 Å². The largest absolute Gasteiger partial charge is 0.394 e. The summed E-state index contributed by atoms with van der Waals surface area (Å²) in [5.74, 6) is 0. The van der Waals surface area contributed by atoms with Crippen LogP contribution < -0.4 is 11.2 Å². The molecule has 3 heteroatoms. The van der Waals surface area contributed by atoms with E-state index < -0.39 is 0 Å². The number of nitrogens with zero attached hydrogens (tertiary/aromatic N) is 1. The fourth-order valence-electron chi connectivity index (χ4n) is 1.71. The molecule has 0 aliphatic heterocycles. The second-order valence-corrected chi connectivity index (χ2v) is 4.41. The Morgan fingerprint density at radius 3 is 2.53 bits per heavy atom. The third-order valence-electron chi connectivity index (χ3n) is 2.87. The van der Waals surface area contributed by atoms with E-state index in [2.05, 4.69) is 6.58 Å². The maximum Gasteiger partial charge on any atom is 0.208 e. The van der Waals surface area contributed by atoms with Gasteiger partial charge in [-0.3, -0.25) is 4.79 Å². The molecule has 0 saturated carbocycles. The molecule has 1 aromatic heterocycles. The molecule has 0 atom stereocenters. The number of allylic oxidation sites excluding steroid dienone is 1. The molecule has 0 unspecified atom stereocenters. The van der Waals surface area contributed by atoms with Crippen LogP contribution in [0.2, 0.25) is 0 Å². The van der Waals surface area contributed by atoms with Crippen LogP contribution >= 0.6 is 0 Å². The summed E-state index contributed by atoms with van der Waals surface area (Å²) in [6, 6.07) is 0. The standard InChI is InChI=1S/C12H18N2O/c1-6-12(3,4)10-8(2)14(5)7-9(13)11(10)15/h6-7H,1,13H2,2-5H3. The van der Waals surface area contributed by atoms with E-state index in [9.17, 15) is 4.79 Å². The summed E-state index contributed by atoms with van der Waals surface area (Å²) < 4.78 is 1.87. The van der Waals surface area contributed by atoms with Gasteiger partial charge in [0.25, 0.3) is 0 Å². The average molecular weight is 206 g/mol. The van der Waals surface area contributed by atoms with Crippen LogP contribution in [-0.4, -0.2) is 4.57 Å². The van der Waals surface area contributed by atoms with Gasteiger partial charge < -0.3 is 10.3 Å². The number of hydrogen-bond donors (Lipinski definition) is 1. The van der Waals surface area contributed by atoms with Gasteiger partial charge in [-0.05, 0) is 6.92 Å². The van der Waals surface area contributed by atoms with Crippen LogP contribution in [0.1, 0.15) is 25.1 Å². The third-order valence-corrected chi connectivity index (χ3v) is 2.87. The molecule has 0 aromatic carbocycles. The Morgan fingerprint density at radius 1 is 1.53 bits per heavy atom. The molecule has 82 valence electrons. The molecular weight excluding hydrogens is 188 g/mol. The zero-order chi connectivity index (χ0) is 11.8. The second kappa shape index (κ2) is 3.57. The lowest BCUT2D eigenvalue weighted by Crippen LogP contribution is -2.29. The number of pyridine rings is 1. The fraction of sp³-hybridized carbons (Fsp3) is 0.417. The van der Waals surface area contributed by atoms with Crippen LogP contribution in [0.4, 0.5) is 5.69 Å². The Labute approximate surface area is 90.2 Å². The lowest BCUT2D eigenvalue weighted by Gasteiger charge is -2.23. The van der Waals surface area contributed by atoms with E-state index in [1.807, 2.05) is 32.4 Å². The van der Waals surface area contributed by atoms with E-state index in [4.69, 9.17) is 5.73 Å². The summed E-state index contributed by atoms with van der Waals surface area (Å²) in [6.45, 7) is 9.60. The van der Waals surface area contributed by atoms with Gasteiger partial charge in [-0.2, -0.15) is 0 Å². The van der Waals surface area contributed by atoms with Crippen molar-refractivity contribution in [2.24, 2.45) is 7.05 Å². The van der Waals surface area contributed by atoms with E-state index in [1.165, 1.54) is 0 Å². The zero-order valence-corrected chi connectivity index (χ0v) is 9.79. The van der Waals surface area contributed by atoms with Gasteiger partial charge in [0.1, 0.15) is 0 Å². The zero-order valence-electron chi connectivity index (χ0n) is 9.79. The second-order valence-electron chi connectivity index (χ2n) is 4.41. The quantitative estimate of drug-likeness (QED) is 0.749. The van der Waals surface area contributed by atoms with Crippen molar-refractivity contribution in [3.05, 3.63) is 40.3 Å². The lowest BCUT2D eigenvalue weighted by molar-refractivity contribution is 0.641. The smallest absolute Gasteiger partial charge is 0.208 e. The molecule has 15 heavy (non-hydrogen) atoms. The van der Waals surface area contributed by atoms with E-state index in [0.29, 0.717) is 0 Å². The first-order valence-electron chi connectivity index (χ1n) is 4.91. The van der Waals surface area contributed by atoms with Gasteiger partial charge >= 0.3 is 0 Å². The minimum atomic E-state index is -0.353. The van der Waals surface area contributed by atoms with E-state index >= 15 is 0 Å². The van der Waals surface area contributed by atoms with Crippen LogP contribution in [0.3, 0.4) is 0 Å².